The summed E-state index contributed by atoms with van der Waals surface area (Å²) in [6, 6.07) is 4.16. The lowest BCUT2D eigenvalue weighted by Crippen LogP contribution is -2.26. The van der Waals surface area contributed by atoms with Gasteiger partial charge in [0.1, 0.15) is 0 Å². The fourth-order valence-electron chi connectivity index (χ4n) is 1.29. The van der Waals surface area contributed by atoms with Crippen LogP contribution in [0.4, 0.5) is 5.69 Å². The lowest BCUT2D eigenvalue weighted by atomic mass is 10.3. The van der Waals surface area contributed by atoms with E-state index in [2.05, 4.69) is 10.3 Å². The summed E-state index contributed by atoms with van der Waals surface area (Å²) < 4.78 is 1.05. The van der Waals surface area contributed by atoms with Crippen molar-refractivity contribution < 1.29 is 5.21 Å². The molecule has 1 rings (SSSR count). The van der Waals surface area contributed by atoms with Crippen LogP contribution in [0.1, 0.15) is 27.7 Å². The third-order valence-corrected chi connectivity index (χ3v) is 1.77. The lowest BCUT2D eigenvalue weighted by Gasteiger charge is -2.12. The van der Waals surface area contributed by atoms with Gasteiger partial charge in [-0.1, -0.05) is 0 Å². The Bertz CT molecular complexity index is 380. The van der Waals surface area contributed by atoms with Crippen molar-refractivity contribution in [2.75, 3.05) is 5.32 Å². The molecule has 0 atom stereocenters. The summed E-state index contributed by atoms with van der Waals surface area (Å²) in [4.78, 5) is 4.36. The fraction of sp³-hybridized carbons (Fsp3) is 0.545. The topological polar surface area (TPSA) is 49.5 Å². The van der Waals surface area contributed by atoms with Crippen LogP contribution in [-0.2, 0) is 0 Å². The van der Waals surface area contributed by atoms with Crippen LogP contribution in [0, 0.1) is 0 Å². The van der Waals surface area contributed by atoms with Crippen LogP contribution in [0.15, 0.2) is 23.3 Å². The van der Waals surface area contributed by atoms with E-state index < -0.39 is 0 Å². The highest BCUT2D eigenvalue weighted by molar-refractivity contribution is 5.40. The zero-order valence-electron chi connectivity index (χ0n) is 9.73. The van der Waals surface area contributed by atoms with Crippen LogP contribution in [0.2, 0.25) is 0 Å². The van der Waals surface area contributed by atoms with Crippen LogP contribution >= 0.6 is 0 Å². The zero-order valence-corrected chi connectivity index (χ0v) is 9.73. The van der Waals surface area contributed by atoms with E-state index in [-0.39, 0.29) is 6.04 Å². The number of pyridine rings is 1. The Labute approximate surface area is 90.2 Å². The van der Waals surface area contributed by atoms with Gasteiger partial charge in [-0.25, -0.2) is 0 Å². The largest absolute Gasteiger partial charge is 0.427 e. The van der Waals surface area contributed by atoms with Crippen LogP contribution in [0.5, 0.6) is 0 Å². The van der Waals surface area contributed by atoms with Gasteiger partial charge in [0.05, 0.1) is 5.69 Å². The molecule has 0 bridgehead atoms. The molecule has 4 heteroatoms. The SMILES string of the molecule is CC(C)N=c1c(NC(C)C)cccn1O. The molecule has 0 fully saturated rings. The molecule has 1 heterocycles. The molecule has 0 unspecified atom stereocenters. The summed E-state index contributed by atoms with van der Waals surface area (Å²) in [6.45, 7) is 8.06. The minimum Gasteiger partial charge on any atom is -0.427 e. The number of anilines is 1. The second-order valence-corrected chi connectivity index (χ2v) is 4.11. The standard InChI is InChI=1S/C11H19N3O/c1-8(2)12-10-6-5-7-14(15)11(10)13-9(3)4/h5-9,12,15H,1-4H3. The van der Waals surface area contributed by atoms with Crippen molar-refractivity contribution in [1.82, 2.24) is 4.73 Å². The van der Waals surface area contributed by atoms with Gasteiger partial charge in [-0.15, -0.1) is 0 Å². The molecular weight excluding hydrogens is 190 g/mol. The quantitative estimate of drug-likeness (QED) is 0.746. The number of hydrogen-bond acceptors (Lipinski definition) is 3. The highest BCUT2D eigenvalue weighted by Gasteiger charge is 2.02. The average molecular weight is 209 g/mol. The van der Waals surface area contributed by atoms with Gasteiger partial charge < -0.3 is 10.5 Å². The first-order chi connectivity index (χ1) is 7.00. The maximum atomic E-state index is 9.64. The predicted molar refractivity (Wildman–Crippen MR) is 61.1 cm³/mol. The Morgan fingerprint density at radius 2 is 2.00 bits per heavy atom. The minimum atomic E-state index is 0.151. The summed E-state index contributed by atoms with van der Waals surface area (Å²) in [5.41, 5.74) is 1.42. The van der Waals surface area contributed by atoms with Crippen LogP contribution < -0.4 is 10.8 Å². The fourth-order valence-corrected chi connectivity index (χ4v) is 1.29. The van der Waals surface area contributed by atoms with Crippen molar-refractivity contribution in [3.63, 3.8) is 0 Å². The monoisotopic (exact) mass is 209 g/mol. The van der Waals surface area contributed by atoms with E-state index in [4.69, 9.17) is 0 Å². The van der Waals surface area contributed by atoms with Gasteiger partial charge in [0.2, 0.25) is 0 Å². The third-order valence-electron chi connectivity index (χ3n) is 1.77. The highest BCUT2D eigenvalue weighted by atomic mass is 16.5. The first-order valence-corrected chi connectivity index (χ1v) is 5.22. The molecule has 0 amide bonds. The number of nitrogens with zero attached hydrogens (tertiary/aromatic N) is 2. The molecule has 0 aliphatic rings. The normalized spacial score (nSPS) is 12.5. The summed E-state index contributed by atoms with van der Waals surface area (Å²) in [5, 5.41) is 12.9. The lowest BCUT2D eigenvalue weighted by molar-refractivity contribution is 0.171. The van der Waals surface area contributed by atoms with E-state index >= 15 is 0 Å². The molecule has 2 N–H and O–H groups in total. The molecule has 0 saturated carbocycles. The van der Waals surface area contributed by atoms with Crippen molar-refractivity contribution >= 4 is 5.69 Å². The van der Waals surface area contributed by atoms with Crippen molar-refractivity contribution in [3.05, 3.63) is 23.8 Å². The Hall–Kier alpha value is -1.45. The molecule has 4 nitrogen and oxygen atoms in total. The van der Waals surface area contributed by atoms with Gasteiger partial charge >= 0.3 is 0 Å². The molecule has 0 spiro atoms. The van der Waals surface area contributed by atoms with Crippen LogP contribution in [0.3, 0.4) is 0 Å². The van der Waals surface area contributed by atoms with Crippen LogP contribution in [-0.4, -0.2) is 22.0 Å². The van der Waals surface area contributed by atoms with Crippen LogP contribution in [0.25, 0.3) is 0 Å². The highest BCUT2D eigenvalue weighted by Crippen LogP contribution is 2.01. The molecule has 84 valence electrons. The first-order valence-electron chi connectivity index (χ1n) is 5.22. The van der Waals surface area contributed by atoms with Gasteiger partial charge in [-0.05, 0) is 39.8 Å². The Balaban J connectivity index is 3.20. The molecule has 15 heavy (non-hydrogen) atoms. The van der Waals surface area contributed by atoms with Crippen molar-refractivity contribution in [3.8, 4) is 0 Å². The van der Waals surface area contributed by atoms with E-state index in [1.54, 1.807) is 12.3 Å². The number of aromatic nitrogens is 1. The Morgan fingerprint density at radius 1 is 1.33 bits per heavy atom. The molecule has 0 saturated heterocycles. The Kier molecular flexibility index (Phi) is 3.77. The van der Waals surface area contributed by atoms with Gasteiger partial charge in [-0.2, -0.15) is 4.73 Å². The number of hydrogen-bond donors (Lipinski definition) is 2. The molecular formula is C11H19N3O. The van der Waals surface area contributed by atoms with E-state index in [1.165, 1.54) is 0 Å². The van der Waals surface area contributed by atoms with Gasteiger partial charge in [0.15, 0.2) is 5.49 Å². The second kappa shape index (κ2) is 4.87. The maximum absolute atomic E-state index is 9.64. The Morgan fingerprint density at radius 3 is 2.53 bits per heavy atom. The summed E-state index contributed by atoms with van der Waals surface area (Å²) in [5.74, 6) is 0. The van der Waals surface area contributed by atoms with E-state index in [0.29, 0.717) is 11.5 Å². The summed E-state index contributed by atoms with van der Waals surface area (Å²) >= 11 is 0. The van der Waals surface area contributed by atoms with Gasteiger partial charge in [0, 0.05) is 18.3 Å². The molecule has 0 aliphatic heterocycles. The minimum absolute atomic E-state index is 0.151. The molecule has 1 aromatic rings. The molecule has 1 aromatic heterocycles. The predicted octanol–water partition coefficient (Wildman–Crippen LogP) is 1.85. The molecule has 0 aliphatic carbocycles. The third kappa shape index (κ3) is 3.31. The molecule has 0 radical (unpaired) electrons. The van der Waals surface area contributed by atoms with Crippen molar-refractivity contribution in [2.24, 2.45) is 4.99 Å². The van der Waals surface area contributed by atoms with Crippen molar-refractivity contribution in [2.45, 2.75) is 39.8 Å². The number of rotatable bonds is 3. The second-order valence-electron chi connectivity index (χ2n) is 4.11. The van der Waals surface area contributed by atoms with E-state index in [0.717, 1.165) is 10.4 Å². The van der Waals surface area contributed by atoms with E-state index in [9.17, 15) is 5.21 Å². The summed E-state index contributed by atoms with van der Waals surface area (Å²) in [6.07, 6.45) is 1.58. The van der Waals surface area contributed by atoms with E-state index in [1.807, 2.05) is 33.8 Å². The van der Waals surface area contributed by atoms with Crippen molar-refractivity contribution in [1.29, 1.82) is 0 Å². The maximum Gasteiger partial charge on any atom is 0.186 e. The smallest absolute Gasteiger partial charge is 0.186 e. The number of nitrogens with one attached hydrogen (secondary N) is 1. The first kappa shape index (κ1) is 11.6. The van der Waals surface area contributed by atoms with Gasteiger partial charge in [0.25, 0.3) is 0 Å². The average Bonchev–Trinajstić information content (AvgIpc) is 2.09. The zero-order chi connectivity index (χ0) is 11.4. The summed E-state index contributed by atoms with van der Waals surface area (Å²) in [7, 11) is 0. The molecule has 0 aromatic carbocycles. The van der Waals surface area contributed by atoms with Gasteiger partial charge in [-0.3, -0.25) is 4.99 Å².